The number of aryl methyl sites for hydroxylation is 1. The van der Waals surface area contributed by atoms with Crippen LogP contribution in [0.15, 0.2) is 33.8 Å². The first-order valence-electron chi connectivity index (χ1n) is 6.66. The molecule has 0 radical (unpaired) electrons. The summed E-state index contributed by atoms with van der Waals surface area (Å²) < 4.78 is 3.15. The molecule has 0 spiro atoms. The van der Waals surface area contributed by atoms with Gasteiger partial charge in [-0.25, -0.2) is 5.43 Å². The highest BCUT2D eigenvalue weighted by Crippen LogP contribution is 2.29. The zero-order chi connectivity index (χ0) is 15.6. The Hall–Kier alpha value is -1.88. The van der Waals surface area contributed by atoms with Crippen molar-refractivity contribution in [2.75, 3.05) is 0 Å². The first-order chi connectivity index (χ1) is 9.91. The van der Waals surface area contributed by atoms with Crippen LogP contribution >= 0.6 is 15.9 Å². The molecule has 1 amide bonds. The number of carbonyl (C=O) groups excluding carboxylic acids is 1. The van der Waals surface area contributed by atoms with Crippen molar-refractivity contribution in [1.29, 1.82) is 0 Å². The van der Waals surface area contributed by atoms with E-state index in [0.29, 0.717) is 0 Å². The third-order valence-electron chi connectivity index (χ3n) is 3.29. The van der Waals surface area contributed by atoms with Crippen LogP contribution in [0.3, 0.4) is 0 Å². The molecule has 0 aliphatic heterocycles. The quantitative estimate of drug-likeness (QED) is 0.668. The first-order valence-corrected chi connectivity index (χ1v) is 7.45. The van der Waals surface area contributed by atoms with E-state index in [0.717, 1.165) is 27.1 Å². The van der Waals surface area contributed by atoms with Crippen LogP contribution in [-0.2, 0) is 4.79 Å². The lowest BCUT2D eigenvalue weighted by molar-refractivity contribution is -0.118. The van der Waals surface area contributed by atoms with Crippen molar-refractivity contribution in [3.05, 3.63) is 51.3 Å². The maximum absolute atomic E-state index is 10.9. The maximum Gasteiger partial charge on any atom is 0.236 e. The number of benzene rings is 1. The van der Waals surface area contributed by atoms with E-state index in [1.807, 2.05) is 13.0 Å². The SMILES string of the molecule is CC(=O)NN=Cc1c(Br)c(C)n(-c2cccc(C)c2)c1C. The average Bonchev–Trinajstić information content (AvgIpc) is 2.62. The standard InChI is InChI=1S/C16H18BrN3O/c1-10-6-5-7-14(8-10)20-11(2)15(16(17)12(20)3)9-18-19-13(4)21/h5-9H,1-4H3,(H,19,21). The van der Waals surface area contributed by atoms with Gasteiger partial charge in [-0.3, -0.25) is 4.79 Å². The Kier molecular flexibility index (Phi) is 4.63. The predicted octanol–water partition coefficient (Wildman–Crippen LogP) is 3.64. The van der Waals surface area contributed by atoms with E-state index in [9.17, 15) is 4.79 Å². The molecule has 0 fully saturated rings. The van der Waals surface area contributed by atoms with Crippen LogP contribution in [0.25, 0.3) is 5.69 Å². The van der Waals surface area contributed by atoms with Crippen LogP contribution in [0.2, 0.25) is 0 Å². The van der Waals surface area contributed by atoms with Crippen LogP contribution in [0, 0.1) is 20.8 Å². The Morgan fingerprint density at radius 1 is 1.29 bits per heavy atom. The van der Waals surface area contributed by atoms with E-state index in [1.165, 1.54) is 12.5 Å². The van der Waals surface area contributed by atoms with Gasteiger partial charge in [0.1, 0.15) is 0 Å². The highest BCUT2D eigenvalue weighted by atomic mass is 79.9. The molecule has 1 N–H and O–H groups in total. The van der Waals surface area contributed by atoms with E-state index < -0.39 is 0 Å². The topological polar surface area (TPSA) is 46.4 Å². The van der Waals surface area contributed by atoms with Crippen molar-refractivity contribution >= 4 is 28.1 Å². The van der Waals surface area contributed by atoms with E-state index >= 15 is 0 Å². The lowest BCUT2D eigenvalue weighted by Crippen LogP contribution is -2.12. The Morgan fingerprint density at radius 3 is 2.62 bits per heavy atom. The zero-order valence-corrected chi connectivity index (χ0v) is 14.2. The molecule has 2 aromatic rings. The molecule has 1 heterocycles. The number of rotatable bonds is 3. The smallest absolute Gasteiger partial charge is 0.236 e. The fourth-order valence-electron chi connectivity index (χ4n) is 2.32. The highest BCUT2D eigenvalue weighted by molar-refractivity contribution is 9.10. The van der Waals surface area contributed by atoms with Gasteiger partial charge in [0.15, 0.2) is 0 Å². The number of hydrogen-bond acceptors (Lipinski definition) is 2. The zero-order valence-electron chi connectivity index (χ0n) is 12.6. The van der Waals surface area contributed by atoms with Crippen molar-refractivity contribution in [1.82, 2.24) is 9.99 Å². The van der Waals surface area contributed by atoms with Gasteiger partial charge in [-0.15, -0.1) is 0 Å². The maximum atomic E-state index is 10.9. The van der Waals surface area contributed by atoms with Gasteiger partial charge in [0.2, 0.25) is 5.91 Å². The third kappa shape index (κ3) is 3.24. The van der Waals surface area contributed by atoms with Crippen LogP contribution < -0.4 is 5.43 Å². The molecule has 5 heteroatoms. The fourth-order valence-corrected chi connectivity index (χ4v) is 2.88. The minimum Gasteiger partial charge on any atom is -0.317 e. The second-order valence-electron chi connectivity index (χ2n) is 5.00. The summed E-state index contributed by atoms with van der Waals surface area (Å²) in [6.45, 7) is 7.60. The van der Waals surface area contributed by atoms with Crippen molar-refractivity contribution in [2.45, 2.75) is 27.7 Å². The summed E-state index contributed by atoms with van der Waals surface area (Å²) >= 11 is 3.61. The molecule has 0 saturated heterocycles. The van der Waals surface area contributed by atoms with E-state index in [4.69, 9.17) is 0 Å². The van der Waals surface area contributed by atoms with Crippen molar-refractivity contribution < 1.29 is 4.79 Å². The number of halogens is 1. The van der Waals surface area contributed by atoms with Gasteiger partial charge < -0.3 is 4.57 Å². The number of hydrogen-bond donors (Lipinski definition) is 1. The van der Waals surface area contributed by atoms with Crippen molar-refractivity contribution in [2.24, 2.45) is 5.10 Å². The van der Waals surface area contributed by atoms with E-state index in [1.54, 1.807) is 6.21 Å². The summed E-state index contributed by atoms with van der Waals surface area (Å²) in [6.07, 6.45) is 1.67. The fraction of sp³-hybridized carbons (Fsp3) is 0.250. The number of aromatic nitrogens is 1. The van der Waals surface area contributed by atoms with Crippen LogP contribution in [0.4, 0.5) is 0 Å². The molecule has 0 aliphatic carbocycles. The van der Waals surface area contributed by atoms with Gasteiger partial charge in [-0.1, -0.05) is 12.1 Å². The number of hydrazone groups is 1. The molecule has 4 nitrogen and oxygen atoms in total. The lowest BCUT2D eigenvalue weighted by Gasteiger charge is -2.10. The molecule has 2 rings (SSSR count). The summed E-state index contributed by atoms with van der Waals surface area (Å²) in [5.41, 5.74) is 7.88. The number of nitrogens with zero attached hydrogens (tertiary/aromatic N) is 2. The molecule has 0 bridgehead atoms. The van der Waals surface area contributed by atoms with Crippen molar-refractivity contribution in [3.8, 4) is 5.69 Å². The molecule has 0 unspecified atom stereocenters. The van der Waals surface area contributed by atoms with Gasteiger partial charge in [0.05, 0.1) is 6.21 Å². The molecule has 0 saturated carbocycles. The number of amides is 1. The van der Waals surface area contributed by atoms with Gasteiger partial charge in [-0.05, 0) is 54.4 Å². The molecule has 1 aromatic carbocycles. The number of nitrogens with one attached hydrogen (secondary N) is 1. The second-order valence-corrected chi connectivity index (χ2v) is 5.79. The molecule has 0 atom stereocenters. The number of carbonyl (C=O) groups is 1. The van der Waals surface area contributed by atoms with Crippen LogP contribution in [0.5, 0.6) is 0 Å². The molecule has 21 heavy (non-hydrogen) atoms. The van der Waals surface area contributed by atoms with Crippen molar-refractivity contribution in [3.63, 3.8) is 0 Å². The Labute approximate surface area is 133 Å². The summed E-state index contributed by atoms with van der Waals surface area (Å²) in [5, 5.41) is 3.96. The highest BCUT2D eigenvalue weighted by Gasteiger charge is 2.15. The molecular formula is C16H18BrN3O. The summed E-state index contributed by atoms with van der Waals surface area (Å²) in [7, 11) is 0. The Morgan fingerprint density at radius 2 is 2.00 bits per heavy atom. The third-order valence-corrected chi connectivity index (χ3v) is 4.29. The van der Waals surface area contributed by atoms with E-state index in [-0.39, 0.29) is 5.91 Å². The van der Waals surface area contributed by atoms with E-state index in [2.05, 4.69) is 63.1 Å². The molecule has 110 valence electrons. The average molecular weight is 348 g/mol. The first kappa shape index (κ1) is 15.5. The minimum atomic E-state index is -0.185. The monoisotopic (exact) mass is 347 g/mol. The molecular weight excluding hydrogens is 330 g/mol. The second kappa shape index (κ2) is 6.26. The summed E-state index contributed by atoms with van der Waals surface area (Å²) in [6, 6.07) is 8.34. The van der Waals surface area contributed by atoms with Gasteiger partial charge >= 0.3 is 0 Å². The molecule has 0 aliphatic rings. The van der Waals surface area contributed by atoms with Gasteiger partial charge in [-0.2, -0.15) is 5.10 Å². The Bertz CT molecular complexity index is 717. The predicted molar refractivity (Wildman–Crippen MR) is 89.1 cm³/mol. The van der Waals surface area contributed by atoms with Crippen LogP contribution in [0.1, 0.15) is 29.4 Å². The summed E-state index contributed by atoms with van der Waals surface area (Å²) in [4.78, 5) is 10.9. The largest absolute Gasteiger partial charge is 0.317 e. The molecule has 1 aromatic heterocycles. The normalized spacial score (nSPS) is 11.1. The lowest BCUT2D eigenvalue weighted by atomic mass is 10.2. The Balaban J connectivity index is 2.50. The van der Waals surface area contributed by atoms with Gasteiger partial charge in [0, 0.05) is 34.0 Å². The minimum absolute atomic E-state index is 0.185. The van der Waals surface area contributed by atoms with Gasteiger partial charge in [0.25, 0.3) is 0 Å². The summed E-state index contributed by atoms with van der Waals surface area (Å²) in [5.74, 6) is -0.185. The van der Waals surface area contributed by atoms with Crippen LogP contribution in [-0.4, -0.2) is 16.7 Å².